The Morgan fingerprint density at radius 2 is 2.10 bits per heavy atom. The number of rotatable bonds is 3. The standard InChI is InChI=1S/C16H15N3O/c20-12-4-10-19-11-8-13-5-1-2-6-14(13)16(19)15-7-3-9-17-18-15/h1-7,9-10,12,16H,8,11H2. The van der Waals surface area contributed by atoms with E-state index in [1.807, 2.05) is 24.4 Å². The number of aromatic nitrogens is 2. The van der Waals surface area contributed by atoms with Crippen molar-refractivity contribution in [1.82, 2.24) is 15.1 Å². The molecule has 1 atom stereocenters. The van der Waals surface area contributed by atoms with Crippen molar-refractivity contribution in [1.29, 1.82) is 0 Å². The molecule has 1 aliphatic rings. The van der Waals surface area contributed by atoms with E-state index in [0.29, 0.717) is 0 Å². The van der Waals surface area contributed by atoms with E-state index in [9.17, 15) is 4.79 Å². The lowest BCUT2D eigenvalue weighted by Crippen LogP contribution is -2.32. The number of fused-ring (bicyclic) bond motifs is 1. The van der Waals surface area contributed by atoms with Crippen LogP contribution in [-0.2, 0) is 11.2 Å². The topological polar surface area (TPSA) is 46.1 Å². The molecule has 1 unspecified atom stereocenters. The number of hydrogen-bond donors (Lipinski definition) is 0. The van der Waals surface area contributed by atoms with Crippen LogP contribution < -0.4 is 0 Å². The van der Waals surface area contributed by atoms with Crippen molar-refractivity contribution in [3.8, 4) is 0 Å². The van der Waals surface area contributed by atoms with Crippen LogP contribution in [0.25, 0.3) is 0 Å². The zero-order valence-corrected chi connectivity index (χ0v) is 11.0. The summed E-state index contributed by atoms with van der Waals surface area (Å²) in [4.78, 5) is 12.7. The van der Waals surface area contributed by atoms with E-state index < -0.39 is 0 Å². The van der Waals surface area contributed by atoms with Gasteiger partial charge in [0, 0.05) is 18.9 Å². The van der Waals surface area contributed by atoms with Gasteiger partial charge in [-0.25, -0.2) is 0 Å². The quantitative estimate of drug-likeness (QED) is 0.630. The summed E-state index contributed by atoms with van der Waals surface area (Å²) in [7, 11) is 0. The van der Waals surface area contributed by atoms with Crippen LogP contribution in [0, 0.1) is 0 Å². The highest BCUT2D eigenvalue weighted by atomic mass is 16.1. The van der Waals surface area contributed by atoms with Gasteiger partial charge < -0.3 is 4.90 Å². The van der Waals surface area contributed by atoms with Crippen molar-refractivity contribution < 1.29 is 4.79 Å². The Morgan fingerprint density at radius 3 is 2.90 bits per heavy atom. The Morgan fingerprint density at radius 1 is 1.20 bits per heavy atom. The second-order valence-corrected chi connectivity index (χ2v) is 4.72. The van der Waals surface area contributed by atoms with Gasteiger partial charge in [-0.05, 0) is 35.8 Å². The minimum atomic E-state index is 0.0184. The molecule has 2 heterocycles. The Labute approximate surface area is 117 Å². The lowest BCUT2D eigenvalue weighted by molar-refractivity contribution is -0.104. The average Bonchev–Trinajstić information content (AvgIpc) is 2.53. The number of carbonyl (C=O) groups excluding carboxylic acids is 1. The maximum atomic E-state index is 10.6. The number of nitrogens with zero attached hydrogens (tertiary/aromatic N) is 3. The van der Waals surface area contributed by atoms with Crippen LogP contribution in [0.5, 0.6) is 0 Å². The first-order valence-electron chi connectivity index (χ1n) is 6.63. The number of hydrogen-bond acceptors (Lipinski definition) is 4. The molecule has 4 nitrogen and oxygen atoms in total. The van der Waals surface area contributed by atoms with E-state index in [4.69, 9.17) is 0 Å². The number of benzene rings is 1. The minimum absolute atomic E-state index is 0.0184. The zero-order valence-electron chi connectivity index (χ0n) is 11.0. The van der Waals surface area contributed by atoms with Crippen LogP contribution in [-0.4, -0.2) is 27.9 Å². The highest BCUT2D eigenvalue weighted by Gasteiger charge is 2.27. The van der Waals surface area contributed by atoms with Gasteiger partial charge in [0.2, 0.25) is 0 Å². The van der Waals surface area contributed by atoms with Crippen LogP contribution in [0.15, 0.2) is 54.9 Å². The van der Waals surface area contributed by atoms with E-state index in [0.717, 1.165) is 24.9 Å². The molecule has 0 bridgehead atoms. The van der Waals surface area contributed by atoms with Crippen LogP contribution in [0.2, 0.25) is 0 Å². The predicted octanol–water partition coefficient (Wildman–Crippen LogP) is 2.14. The van der Waals surface area contributed by atoms with Crippen LogP contribution in [0.1, 0.15) is 22.9 Å². The van der Waals surface area contributed by atoms with Crippen molar-refractivity contribution in [2.24, 2.45) is 0 Å². The summed E-state index contributed by atoms with van der Waals surface area (Å²) < 4.78 is 0. The molecule has 0 aliphatic carbocycles. The lowest BCUT2D eigenvalue weighted by Gasteiger charge is -2.36. The third-order valence-electron chi connectivity index (χ3n) is 3.55. The largest absolute Gasteiger partial charge is 0.364 e. The number of carbonyl (C=O) groups is 1. The molecule has 20 heavy (non-hydrogen) atoms. The van der Waals surface area contributed by atoms with Gasteiger partial charge in [-0.2, -0.15) is 10.2 Å². The van der Waals surface area contributed by atoms with Crippen molar-refractivity contribution in [3.63, 3.8) is 0 Å². The first-order valence-corrected chi connectivity index (χ1v) is 6.63. The molecule has 0 saturated carbocycles. The first-order chi connectivity index (χ1) is 9.90. The van der Waals surface area contributed by atoms with E-state index in [1.54, 1.807) is 6.20 Å². The molecular formula is C16H15N3O. The van der Waals surface area contributed by atoms with Gasteiger partial charge in [-0.3, -0.25) is 4.79 Å². The Hall–Kier alpha value is -2.49. The smallest absolute Gasteiger partial charge is 0.144 e. The van der Waals surface area contributed by atoms with Crippen LogP contribution >= 0.6 is 0 Å². The molecule has 0 amide bonds. The van der Waals surface area contributed by atoms with Crippen molar-refractivity contribution in [2.75, 3.05) is 6.54 Å². The second kappa shape index (κ2) is 5.65. The third kappa shape index (κ3) is 2.32. The maximum Gasteiger partial charge on any atom is 0.144 e. The van der Waals surface area contributed by atoms with E-state index in [1.165, 1.54) is 17.2 Å². The van der Waals surface area contributed by atoms with Gasteiger partial charge in [0.05, 0.1) is 11.7 Å². The fourth-order valence-corrected chi connectivity index (χ4v) is 2.68. The van der Waals surface area contributed by atoms with Crippen molar-refractivity contribution in [2.45, 2.75) is 12.5 Å². The fourth-order valence-electron chi connectivity index (χ4n) is 2.68. The van der Waals surface area contributed by atoms with Crippen LogP contribution in [0.3, 0.4) is 0 Å². The molecule has 0 saturated heterocycles. The number of aldehydes is 1. The summed E-state index contributed by atoms with van der Waals surface area (Å²) in [6, 6.07) is 12.3. The van der Waals surface area contributed by atoms with Crippen molar-refractivity contribution >= 4 is 6.29 Å². The molecular weight excluding hydrogens is 250 g/mol. The Bertz CT molecular complexity index is 625. The average molecular weight is 265 g/mol. The van der Waals surface area contributed by atoms with Crippen molar-refractivity contribution in [3.05, 3.63) is 71.7 Å². The summed E-state index contributed by atoms with van der Waals surface area (Å²) >= 11 is 0. The maximum absolute atomic E-state index is 10.6. The summed E-state index contributed by atoms with van der Waals surface area (Å²) in [6.45, 7) is 0.864. The third-order valence-corrected chi connectivity index (χ3v) is 3.55. The summed E-state index contributed by atoms with van der Waals surface area (Å²) in [6.07, 6.45) is 6.80. The van der Waals surface area contributed by atoms with E-state index >= 15 is 0 Å². The number of allylic oxidation sites excluding steroid dienone is 1. The monoisotopic (exact) mass is 265 g/mol. The Balaban J connectivity index is 2.07. The highest BCUT2D eigenvalue weighted by Crippen LogP contribution is 2.33. The fraction of sp³-hybridized carbons (Fsp3) is 0.188. The highest BCUT2D eigenvalue weighted by molar-refractivity contribution is 5.64. The van der Waals surface area contributed by atoms with E-state index in [2.05, 4.69) is 33.3 Å². The van der Waals surface area contributed by atoms with Gasteiger partial charge in [-0.15, -0.1) is 0 Å². The van der Waals surface area contributed by atoms with Gasteiger partial charge in [-0.1, -0.05) is 24.3 Å². The predicted molar refractivity (Wildman–Crippen MR) is 75.9 cm³/mol. The summed E-state index contributed by atoms with van der Waals surface area (Å²) in [5.74, 6) is 0. The zero-order chi connectivity index (χ0) is 13.8. The molecule has 4 heteroatoms. The van der Waals surface area contributed by atoms with Gasteiger partial charge in [0.25, 0.3) is 0 Å². The molecule has 3 rings (SSSR count). The second-order valence-electron chi connectivity index (χ2n) is 4.72. The van der Waals surface area contributed by atoms with Gasteiger partial charge in [0.15, 0.2) is 0 Å². The molecule has 1 aliphatic heterocycles. The molecule has 0 N–H and O–H groups in total. The normalized spacial score (nSPS) is 18.0. The summed E-state index contributed by atoms with van der Waals surface area (Å²) in [5.41, 5.74) is 3.46. The van der Waals surface area contributed by atoms with Gasteiger partial charge >= 0.3 is 0 Å². The SMILES string of the molecule is O=CC=CN1CCc2ccccc2C1c1cccnn1. The lowest BCUT2D eigenvalue weighted by atomic mass is 9.91. The molecule has 0 radical (unpaired) electrons. The summed E-state index contributed by atoms with van der Waals surface area (Å²) in [5, 5.41) is 8.22. The minimum Gasteiger partial charge on any atom is -0.364 e. The molecule has 1 aromatic carbocycles. The molecule has 1 aromatic heterocycles. The first kappa shape index (κ1) is 12.5. The molecule has 0 fully saturated rings. The molecule has 0 spiro atoms. The molecule has 2 aromatic rings. The van der Waals surface area contributed by atoms with Gasteiger partial charge in [0.1, 0.15) is 6.29 Å². The van der Waals surface area contributed by atoms with Crippen LogP contribution in [0.4, 0.5) is 0 Å². The van der Waals surface area contributed by atoms with E-state index in [-0.39, 0.29) is 6.04 Å². The molecule has 100 valence electrons. The Kier molecular flexibility index (Phi) is 3.54.